The van der Waals surface area contributed by atoms with E-state index in [1.807, 2.05) is 24.4 Å². The van der Waals surface area contributed by atoms with E-state index in [0.29, 0.717) is 0 Å². The van der Waals surface area contributed by atoms with Crippen molar-refractivity contribution in [1.82, 2.24) is 4.98 Å². The van der Waals surface area contributed by atoms with Gasteiger partial charge in [0.2, 0.25) is 0 Å². The number of anilines is 1. The summed E-state index contributed by atoms with van der Waals surface area (Å²) in [7, 11) is 1.77. The molecule has 0 bridgehead atoms. The van der Waals surface area contributed by atoms with E-state index in [1.54, 1.807) is 23.3 Å². The lowest BCUT2D eigenvalue weighted by Gasteiger charge is -2.26. The topological polar surface area (TPSA) is 53.4 Å². The zero-order valence-electron chi connectivity index (χ0n) is 11.2. The van der Waals surface area contributed by atoms with Crippen molar-refractivity contribution in [3.63, 3.8) is 0 Å². The Bertz CT molecular complexity index is 601. The first-order valence-corrected chi connectivity index (χ1v) is 7.01. The number of hydrogen-bond acceptors (Lipinski definition) is 4. The molecule has 2 aromatic heterocycles. The number of likely N-dealkylation sites (N-methyl/N-ethyl adjacent to an activating group) is 1. The molecule has 0 aliphatic heterocycles. The van der Waals surface area contributed by atoms with Crippen molar-refractivity contribution < 1.29 is 14.3 Å². The summed E-state index contributed by atoms with van der Waals surface area (Å²) in [5.41, 5.74) is -0.120. The van der Waals surface area contributed by atoms with Gasteiger partial charge in [-0.05, 0) is 24.4 Å². The van der Waals surface area contributed by atoms with Crippen LogP contribution in [0.3, 0.4) is 0 Å². The third kappa shape index (κ3) is 3.14. The first-order chi connectivity index (χ1) is 9.49. The lowest BCUT2D eigenvalue weighted by molar-refractivity contribution is 0.0696. The molecule has 2 rings (SSSR count). The van der Waals surface area contributed by atoms with Gasteiger partial charge in [-0.3, -0.25) is 0 Å². The molecule has 0 spiro atoms. The van der Waals surface area contributed by atoms with Crippen LogP contribution in [0, 0.1) is 5.82 Å². The van der Waals surface area contributed by atoms with E-state index in [-0.39, 0.29) is 17.4 Å². The molecule has 1 atom stereocenters. The van der Waals surface area contributed by atoms with Gasteiger partial charge in [0.05, 0.1) is 6.20 Å². The first kappa shape index (κ1) is 14.5. The molecule has 0 saturated heterocycles. The van der Waals surface area contributed by atoms with Gasteiger partial charge in [0.25, 0.3) is 0 Å². The molecule has 1 N–H and O–H groups in total. The molecule has 4 nitrogen and oxygen atoms in total. The number of thiophene rings is 1. The minimum atomic E-state index is -1.18. The lowest BCUT2D eigenvalue weighted by Crippen LogP contribution is -2.32. The van der Waals surface area contributed by atoms with Gasteiger partial charge < -0.3 is 10.0 Å². The maximum atomic E-state index is 13.1. The minimum Gasteiger partial charge on any atom is -0.478 e. The summed E-state index contributed by atoms with van der Waals surface area (Å²) >= 11 is 1.65. The quantitative estimate of drug-likeness (QED) is 0.921. The van der Waals surface area contributed by atoms with Gasteiger partial charge in [-0.2, -0.15) is 0 Å². The summed E-state index contributed by atoms with van der Waals surface area (Å²) in [6, 6.07) is 5.07. The van der Waals surface area contributed by atoms with E-state index in [1.165, 1.54) is 4.88 Å². The zero-order valence-corrected chi connectivity index (χ0v) is 12.0. The number of carbonyl (C=O) groups is 1. The monoisotopic (exact) mass is 294 g/mol. The van der Waals surface area contributed by atoms with Crippen molar-refractivity contribution in [2.75, 3.05) is 11.9 Å². The van der Waals surface area contributed by atoms with Crippen LogP contribution in [0.5, 0.6) is 0 Å². The molecular weight excluding hydrogens is 279 g/mol. The van der Waals surface area contributed by atoms with Crippen molar-refractivity contribution in [1.29, 1.82) is 0 Å². The molecule has 106 valence electrons. The number of carboxylic acid groups (broad SMARTS) is 1. The van der Waals surface area contributed by atoms with Crippen LogP contribution in [-0.4, -0.2) is 29.1 Å². The van der Waals surface area contributed by atoms with Gasteiger partial charge in [0.15, 0.2) is 0 Å². The van der Waals surface area contributed by atoms with E-state index in [9.17, 15) is 9.18 Å². The Morgan fingerprint density at radius 1 is 1.60 bits per heavy atom. The second kappa shape index (κ2) is 6.00. The number of aromatic carboxylic acids is 1. The van der Waals surface area contributed by atoms with Crippen molar-refractivity contribution >= 4 is 23.1 Å². The van der Waals surface area contributed by atoms with Crippen LogP contribution in [0.4, 0.5) is 10.2 Å². The number of rotatable bonds is 5. The van der Waals surface area contributed by atoms with Crippen molar-refractivity contribution in [3.05, 3.63) is 46.0 Å². The van der Waals surface area contributed by atoms with Crippen LogP contribution in [0.15, 0.2) is 29.8 Å². The van der Waals surface area contributed by atoms with Crippen LogP contribution in [0.2, 0.25) is 0 Å². The molecule has 0 fully saturated rings. The summed E-state index contributed by atoms with van der Waals surface area (Å²) in [6.45, 7) is 1.98. The second-order valence-electron chi connectivity index (χ2n) is 4.57. The van der Waals surface area contributed by atoms with E-state index >= 15 is 0 Å². The number of pyridine rings is 1. The number of carboxylic acids is 1. The highest BCUT2D eigenvalue weighted by molar-refractivity contribution is 7.09. The highest BCUT2D eigenvalue weighted by Gasteiger charge is 2.20. The van der Waals surface area contributed by atoms with E-state index in [4.69, 9.17) is 5.11 Å². The van der Waals surface area contributed by atoms with Crippen molar-refractivity contribution in [2.24, 2.45) is 0 Å². The fourth-order valence-corrected chi connectivity index (χ4v) is 2.76. The fraction of sp³-hybridized carbons (Fsp3) is 0.286. The van der Waals surface area contributed by atoms with Crippen LogP contribution in [-0.2, 0) is 6.42 Å². The molecule has 0 aliphatic rings. The van der Waals surface area contributed by atoms with E-state index < -0.39 is 11.8 Å². The Hall–Kier alpha value is -1.95. The molecule has 0 radical (unpaired) electrons. The van der Waals surface area contributed by atoms with Crippen LogP contribution in [0.1, 0.15) is 22.2 Å². The standard InChI is InChI=1S/C14H15FN2O2S/c1-9(6-11-4-3-5-20-11)17(2)13-12(14(18)19)7-10(15)8-16-13/h3-5,7-9H,6H2,1-2H3,(H,18,19). The fourth-order valence-electron chi connectivity index (χ4n) is 1.94. The van der Waals surface area contributed by atoms with Gasteiger partial charge in [0, 0.05) is 24.4 Å². The first-order valence-electron chi connectivity index (χ1n) is 6.13. The summed E-state index contributed by atoms with van der Waals surface area (Å²) in [6.07, 6.45) is 1.82. The van der Waals surface area contributed by atoms with Gasteiger partial charge in [0.1, 0.15) is 17.2 Å². The van der Waals surface area contributed by atoms with Crippen LogP contribution < -0.4 is 4.90 Å². The molecule has 20 heavy (non-hydrogen) atoms. The molecule has 2 aromatic rings. The van der Waals surface area contributed by atoms with Crippen LogP contribution >= 0.6 is 11.3 Å². The SMILES string of the molecule is CC(Cc1cccs1)N(C)c1ncc(F)cc1C(=O)O. The smallest absolute Gasteiger partial charge is 0.339 e. The van der Waals surface area contributed by atoms with Gasteiger partial charge in [-0.15, -0.1) is 11.3 Å². The number of hydrogen-bond donors (Lipinski definition) is 1. The largest absolute Gasteiger partial charge is 0.478 e. The number of nitrogens with zero attached hydrogens (tertiary/aromatic N) is 2. The van der Waals surface area contributed by atoms with Crippen molar-refractivity contribution in [3.8, 4) is 0 Å². The molecule has 2 heterocycles. The maximum absolute atomic E-state index is 13.1. The average Bonchev–Trinajstić information content (AvgIpc) is 2.90. The summed E-state index contributed by atoms with van der Waals surface area (Å²) in [5.74, 6) is -1.55. The van der Waals surface area contributed by atoms with Gasteiger partial charge in [-0.1, -0.05) is 6.07 Å². The predicted octanol–water partition coefficient (Wildman–Crippen LogP) is 3.05. The lowest BCUT2D eigenvalue weighted by atomic mass is 10.1. The molecule has 0 aromatic carbocycles. The van der Waals surface area contributed by atoms with Gasteiger partial charge >= 0.3 is 5.97 Å². The van der Waals surface area contributed by atoms with Crippen molar-refractivity contribution in [2.45, 2.75) is 19.4 Å². The highest BCUT2D eigenvalue weighted by atomic mass is 32.1. The molecule has 1 unspecified atom stereocenters. The molecular formula is C14H15FN2O2S. The summed E-state index contributed by atoms with van der Waals surface area (Å²) in [5, 5.41) is 11.1. The molecule has 0 aliphatic carbocycles. The number of halogens is 1. The Morgan fingerprint density at radius 2 is 2.35 bits per heavy atom. The Balaban J connectivity index is 2.24. The third-order valence-electron chi connectivity index (χ3n) is 3.14. The van der Waals surface area contributed by atoms with E-state index in [2.05, 4.69) is 4.98 Å². The van der Waals surface area contributed by atoms with Crippen LogP contribution in [0.25, 0.3) is 0 Å². The third-order valence-corrected chi connectivity index (χ3v) is 4.03. The van der Waals surface area contributed by atoms with E-state index in [0.717, 1.165) is 18.7 Å². The maximum Gasteiger partial charge on any atom is 0.339 e. The number of aromatic nitrogens is 1. The summed E-state index contributed by atoms with van der Waals surface area (Å²) < 4.78 is 13.1. The molecule has 0 amide bonds. The average molecular weight is 294 g/mol. The zero-order chi connectivity index (χ0) is 14.7. The Kier molecular flexibility index (Phi) is 4.34. The molecule has 0 saturated carbocycles. The molecule has 6 heteroatoms. The minimum absolute atomic E-state index is 0.0599. The predicted molar refractivity (Wildman–Crippen MR) is 77.0 cm³/mol. The Morgan fingerprint density at radius 3 is 2.95 bits per heavy atom. The summed E-state index contributed by atoms with van der Waals surface area (Å²) in [4.78, 5) is 18.1. The second-order valence-corrected chi connectivity index (χ2v) is 5.61. The van der Waals surface area contributed by atoms with Gasteiger partial charge in [-0.25, -0.2) is 14.2 Å². The highest BCUT2D eigenvalue weighted by Crippen LogP contribution is 2.22. The normalized spacial score (nSPS) is 12.2. The Labute approximate surface area is 120 Å².